The average molecular weight is 220 g/mol. The Bertz CT molecular complexity index is 369. The van der Waals surface area contributed by atoms with Crippen molar-refractivity contribution >= 4 is 5.82 Å². The number of hydrogen-bond acceptors (Lipinski definition) is 4. The fraction of sp³-hybridized carbons (Fsp3) is 0.667. The molecule has 2 heterocycles. The van der Waals surface area contributed by atoms with Crippen LogP contribution in [-0.4, -0.2) is 28.6 Å². The molecule has 1 aliphatic heterocycles. The van der Waals surface area contributed by atoms with Gasteiger partial charge in [-0.15, -0.1) is 0 Å². The predicted molar refractivity (Wildman–Crippen MR) is 65.6 cm³/mol. The standard InChI is InChI=1S/C12H20N4/c1-9-8-14-10(2)11(15-9)16-12(3)4-6-13-7-5-12/h8,13H,4-7H2,1-3H3,(H,15,16). The summed E-state index contributed by atoms with van der Waals surface area (Å²) in [6.07, 6.45) is 4.06. The molecule has 0 unspecified atom stereocenters. The monoisotopic (exact) mass is 220 g/mol. The molecule has 4 heteroatoms. The first kappa shape index (κ1) is 11.3. The van der Waals surface area contributed by atoms with Gasteiger partial charge in [-0.05, 0) is 46.7 Å². The minimum atomic E-state index is 0.151. The van der Waals surface area contributed by atoms with Gasteiger partial charge in [-0.25, -0.2) is 4.98 Å². The molecule has 0 amide bonds. The molecule has 16 heavy (non-hydrogen) atoms. The first-order valence-electron chi connectivity index (χ1n) is 5.88. The van der Waals surface area contributed by atoms with Crippen LogP contribution in [-0.2, 0) is 0 Å². The number of rotatable bonds is 2. The van der Waals surface area contributed by atoms with E-state index in [9.17, 15) is 0 Å². The summed E-state index contributed by atoms with van der Waals surface area (Å²) in [7, 11) is 0. The van der Waals surface area contributed by atoms with Crippen LogP contribution in [0.25, 0.3) is 0 Å². The van der Waals surface area contributed by atoms with Crippen molar-refractivity contribution in [1.82, 2.24) is 15.3 Å². The maximum atomic E-state index is 4.52. The van der Waals surface area contributed by atoms with Crippen LogP contribution in [0, 0.1) is 13.8 Å². The third-order valence-electron chi connectivity index (χ3n) is 3.20. The van der Waals surface area contributed by atoms with Crippen molar-refractivity contribution in [2.24, 2.45) is 0 Å². The second kappa shape index (κ2) is 4.37. The lowest BCUT2D eigenvalue weighted by Crippen LogP contribution is -2.45. The number of hydrogen-bond donors (Lipinski definition) is 2. The van der Waals surface area contributed by atoms with Crippen molar-refractivity contribution in [2.45, 2.75) is 39.2 Å². The van der Waals surface area contributed by atoms with E-state index in [1.54, 1.807) is 0 Å². The Labute approximate surface area is 96.9 Å². The molecular weight excluding hydrogens is 200 g/mol. The van der Waals surface area contributed by atoms with E-state index in [2.05, 4.69) is 27.5 Å². The van der Waals surface area contributed by atoms with Gasteiger partial charge in [-0.1, -0.05) is 0 Å². The number of anilines is 1. The molecular formula is C12H20N4. The number of nitrogens with one attached hydrogen (secondary N) is 2. The highest BCUT2D eigenvalue weighted by molar-refractivity contribution is 5.42. The van der Waals surface area contributed by atoms with Gasteiger partial charge in [0.15, 0.2) is 0 Å². The molecule has 4 nitrogen and oxygen atoms in total. The van der Waals surface area contributed by atoms with Crippen molar-refractivity contribution in [2.75, 3.05) is 18.4 Å². The molecule has 1 aliphatic rings. The third kappa shape index (κ3) is 2.50. The van der Waals surface area contributed by atoms with E-state index in [0.29, 0.717) is 0 Å². The highest BCUT2D eigenvalue weighted by atomic mass is 15.1. The molecule has 2 rings (SSSR count). The minimum Gasteiger partial charge on any atom is -0.363 e. The summed E-state index contributed by atoms with van der Waals surface area (Å²) in [4.78, 5) is 8.85. The maximum absolute atomic E-state index is 4.52. The zero-order chi connectivity index (χ0) is 11.6. The lowest BCUT2D eigenvalue weighted by atomic mass is 9.90. The summed E-state index contributed by atoms with van der Waals surface area (Å²) in [5.41, 5.74) is 2.09. The van der Waals surface area contributed by atoms with Crippen molar-refractivity contribution < 1.29 is 0 Å². The highest BCUT2D eigenvalue weighted by Gasteiger charge is 2.27. The second-order valence-electron chi connectivity index (χ2n) is 4.88. The van der Waals surface area contributed by atoms with E-state index in [0.717, 1.165) is 43.1 Å². The van der Waals surface area contributed by atoms with Crippen LogP contribution in [0.4, 0.5) is 5.82 Å². The zero-order valence-corrected chi connectivity index (χ0v) is 10.3. The SMILES string of the molecule is Cc1cnc(C)c(NC2(C)CCNCC2)n1. The van der Waals surface area contributed by atoms with Gasteiger partial charge in [0.05, 0.1) is 11.4 Å². The van der Waals surface area contributed by atoms with Crippen LogP contribution < -0.4 is 10.6 Å². The molecule has 0 aromatic carbocycles. The molecule has 0 saturated carbocycles. The normalized spacial score (nSPS) is 19.4. The summed E-state index contributed by atoms with van der Waals surface area (Å²) in [5.74, 6) is 0.935. The minimum absolute atomic E-state index is 0.151. The van der Waals surface area contributed by atoms with Crippen LogP contribution in [0.15, 0.2) is 6.20 Å². The van der Waals surface area contributed by atoms with E-state index in [1.807, 2.05) is 20.0 Å². The molecule has 1 aromatic rings. The number of piperidine rings is 1. The lowest BCUT2D eigenvalue weighted by molar-refractivity contribution is 0.364. The van der Waals surface area contributed by atoms with Gasteiger partial charge in [0.2, 0.25) is 0 Å². The van der Waals surface area contributed by atoms with Crippen LogP contribution >= 0.6 is 0 Å². The zero-order valence-electron chi connectivity index (χ0n) is 10.3. The molecule has 2 N–H and O–H groups in total. The number of aromatic nitrogens is 2. The number of nitrogens with zero attached hydrogens (tertiary/aromatic N) is 2. The molecule has 88 valence electrons. The fourth-order valence-corrected chi connectivity index (χ4v) is 2.05. The molecule has 0 atom stereocenters. The van der Waals surface area contributed by atoms with Crippen molar-refractivity contribution in [3.05, 3.63) is 17.6 Å². The first-order valence-corrected chi connectivity index (χ1v) is 5.88. The topological polar surface area (TPSA) is 49.8 Å². The summed E-state index contributed by atoms with van der Waals surface area (Å²) in [5, 5.41) is 6.93. The van der Waals surface area contributed by atoms with E-state index < -0.39 is 0 Å². The van der Waals surface area contributed by atoms with Crippen molar-refractivity contribution in [3.63, 3.8) is 0 Å². The van der Waals surface area contributed by atoms with E-state index in [-0.39, 0.29) is 5.54 Å². The largest absolute Gasteiger partial charge is 0.363 e. The van der Waals surface area contributed by atoms with Crippen molar-refractivity contribution in [3.8, 4) is 0 Å². The smallest absolute Gasteiger partial charge is 0.148 e. The fourth-order valence-electron chi connectivity index (χ4n) is 2.05. The first-order chi connectivity index (χ1) is 7.59. The van der Waals surface area contributed by atoms with Gasteiger partial charge in [-0.3, -0.25) is 4.98 Å². The Morgan fingerprint density at radius 3 is 2.69 bits per heavy atom. The predicted octanol–water partition coefficient (Wildman–Crippen LogP) is 1.65. The Balaban J connectivity index is 2.15. The molecule has 1 aromatic heterocycles. The van der Waals surface area contributed by atoms with Crippen LogP contribution in [0.3, 0.4) is 0 Å². The van der Waals surface area contributed by atoms with Gasteiger partial charge >= 0.3 is 0 Å². The van der Waals surface area contributed by atoms with Crippen LogP contribution in [0.5, 0.6) is 0 Å². The van der Waals surface area contributed by atoms with Crippen LogP contribution in [0.1, 0.15) is 31.2 Å². The van der Waals surface area contributed by atoms with E-state index in [4.69, 9.17) is 0 Å². The summed E-state index contributed by atoms with van der Waals surface area (Å²) >= 11 is 0. The van der Waals surface area contributed by atoms with Gasteiger partial charge in [0.1, 0.15) is 5.82 Å². The summed E-state index contributed by atoms with van der Waals surface area (Å²) in [6.45, 7) is 8.38. The molecule has 0 aliphatic carbocycles. The summed E-state index contributed by atoms with van der Waals surface area (Å²) in [6, 6.07) is 0. The van der Waals surface area contributed by atoms with E-state index in [1.165, 1.54) is 0 Å². The highest BCUT2D eigenvalue weighted by Crippen LogP contribution is 2.23. The molecule has 0 spiro atoms. The number of aryl methyl sites for hydroxylation is 2. The van der Waals surface area contributed by atoms with Crippen molar-refractivity contribution in [1.29, 1.82) is 0 Å². The van der Waals surface area contributed by atoms with Gasteiger partial charge < -0.3 is 10.6 Å². The molecule has 1 fully saturated rings. The van der Waals surface area contributed by atoms with E-state index >= 15 is 0 Å². The Kier molecular flexibility index (Phi) is 3.10. The summed E-state index contributed by atoms with van der Waals surface area (Å²) < 4.78 is 0. The maximum Gasteiger partial charge on any atom is 0.148 e. The lowest BCUT2D eigenvalue weighted by Gasteiger charge is -2.35. The average Bonchev–Trinajstić information content (AvgIpc) is 2.24. The Hall–Kier alpha value is -1.16. The van der Waals surface area contributed by atoms with Gasteiger partial charge in [-0.2, -0.15) is 0 Å². The third-order valence-corrected chi connectivity index (χ3v) is 3.20. The Morgan fingerprint density at radius 2 is 2.00 bits per heavy atom. The van der Waals surface area contributed by atoms with Gasteiger partial charge in [0.25, 0.3) is 0 Å². The molecule has 1 saturated heterocycles. The molecule has 0 bridgehead atoms. The second-order valence-corrected chi connectivity index (χ2v) is 4.88. The van der Waals surface area contributed by atoms with Crippen LogP contribution in [0.2, 0.25) is 0 Å². The Morgan fingerprint density at radius 1 is 1.31 bits per heavy atom. The molecule has 0 radical (unpaired) electrons. The quantitative estimate of drug-likeness (QED) is 0.795. The van der Waals surface area contributed by atoms with Gasteiger partial charge in [0, 0.05) is 11.7 Å².